The Morgan fingerprint density at radius 1 is 1.02 bits per heavy atom. The number of halogens is 1. The summed E-state index contributed by atoms with van der Waals surface area (Å²) in [5, 5.41) is 12.1. The number of carboxylic acids is 1. The van der Waals surface area contributed by atoms with Crippen molar-refractivity contribution in [1.82, 2.24) is 19.3 Å². The average molecular weight is 624 g/mol. The van der Waals surface area contributed by atoms with Crippen molar-refractivity contribution in [3.8, 4) is 17.6 Å². The van der Waals surface area contributed by atoms with E-state index in [1.54, 1.807) is 32.0 Å². The summed E-state index contributed by atoms with van der Waals surface area (Å²) in [4.78, 5) is 30.3. The summed E-state index contributed by atoms with van der Waals surface area (Å²) in [6.45, 7) is 4.77. The molecule has 1 saturated heterocycles. The van der Waals surface area contributed by atoms with Gasteiger partial charge in [0.25, 0.3) is 16.1 Å². The minimum Gasteiger partial charge on any atom is -0.496 e. The molecule has 232 valence electrons. The van der Waals surface area contributed by atoms with Crippen LogP contribution < -0.4 is 19.7 Å². The maximum atomic E-state index is 13.4. The van der Waals surface area contributed by atoms with Gasteiger partial charge in [-0.25, -0.2) is 4.39 Å². The number of anilines is 1. The second kappa shape index (κ2) is 14.3. The first kappa shape index (κ1) is 32.4. The van der Waals surface area contributed by atoms with Crippen LogP contribution in [0.5, 0.6) is 5.75 Å². The number of hydrogen-bond donors (Lipinski definition) is 3. The topological polar surface area (TPSA) is 141 Å². The van der Waals surface area contributed by atoms with Crippen molar-refractivity contribution >= 4 is 27.8 Å². The first-order valence-electron chi connectivity index (χ1n) is 13.9. The third kappa shape index (κ3) is 8.31. The molecule has 1 aliphatic rings. The van der Waals surface area contributed by atoms with Gasteiger partial charge in [-0.3, -0.25) is 14.6 Å². The van der Waals surface area contributed by atoms with Gasteiger partial charge in [0.1, 0.15) is 23.3 Å². The third-order valence-electron chi connectivity index (χ3n) is 7.05. The Kier molecular flexibility index (Phi) is 10.5. The molecule has 11 nitrogen and oxygen atoms in total. The first-order valence-corrected chi connectivity index (χ1v) is 15.3. The van der Waals surface area contributed by atoms with Gasteiger partial charge in [0, 0.05) is 67.4 Å². The summed E-state index contributed by atoms with van der Waals surface area (Å²) in [5.41, 5.74) is 3.07. The molecular weight excluding hydrogens is 589 g/mol. The second-order valence-electron chi connectivity index (χ2n) is 10.4. The maximum absolute atomic E-state index is 13.4. The zero-order valence-corrected chi connectivity index (χ0v) is 25.4. The van der Waals surface area contributed by atoms with Crippen molar-refractivity contribution in [1.29, 1.82) is 0 Å². The number of ether oxygens (including phenoxy) is 1. The van der Waals surface area contributed by atoms with Crippen LogP contribution in [0.15, 0.2) is 60.8 Å². The molecule has 2 heterocycles. The molecule has 0 bridgehead atoms. The molecule has 0 aliphatic carbocycles. The minimum atomic E-state index is -3.94. The van der Waals surface area contributed by atoms with E-state index in [9.17, 15) is 27.5 Å². The minimum absolute atomic E-state index is 0.136. The Labute approximate surface area is 256 Å². The van der Waals surface area contributed by atoms with E-state index >= 15 is 0 Å². The largest absolute Gasteiger partial charge is 0.496 e. The van der Waals surface area contributed by atoms with Gasteiger partial charge in [0.2, 0.25) is 0 Å². The highest BCUT2D eigenvalue weighted by molar-refractivity contribution is 7.87. The summed E-state index contributed by atoms with van der Waals surface area (Å²) < 4.78 is 47.7. The highest BCUT2D eigenvalue weighted by atomic mass is 32.2. The second-order valence-corrected chi connectivity index (χ2v) is 12.1. The molecule has 2 aromatic carbocycles. The Bertz CT molecular complexity index is 1660. The number of methoxy groups -OCH3 is 1. The first-order chi connectivity index (χ1) is 21.0. The molecule has 1 aliphatic heterocycles. The third-order valence-corrected chi connectivity index (χ3v) is 8.65. The predicted molar refractivity (Wildman–Crippen MR) is 163 cm³/mol. The molecule has 3 N–H and O–H groups in total. The molecule has 3 aromatic rings. The van der Waals surface area contributed by atoms with Gasteiger partial charge < -0.3 is 20.1 Å². The fourth-order valence-corrected chi connectivity index (χ4v) is 6.04. The Balaban J connectivity index is 1.33. The van der Waals surface area contributed by atoms with Crippen LogP contribution in [0, 0.1) is 23.6 Å². The van der Waals surface area contributed by atoms with Crippen molar-refractivity contribution < 1.29 is 32.2 Å². The molecule has 1 amide bonds. The highest BCUT2D eigenvalue weighted by Gasteiger charge is 2.33. The SMILES string of the molecule is COc1cc(F)ccc1CNC(=O)c1cc(C#Cc2ccc(N3CCN(S(=O)(=O)N[C@@H](C(=O)O)C(C)C)CC3)cc2)ccn1. The molecule has 1 fully saturated rings. The maximum Gasteiger partial charge on any atom is 0.322 e. The molecule has 1 atom stereocenters. The van der Waals surface area contributed by atoms with Crippen LogP contribution in [0.2, 0.25) is 0 Å². The monoisotopic (exact) mass is 623 g/mol. The number of rotatable bonds is 10. The molecule has 0 radical (unpaired) electrons. The number of aliphatic carboxylic acids is 1. The van der Waals surface area contributed by atoms with Crippen LogP contribution in [-0.2, 0) is 21.5 Å². The van der Waals surface area contributed by atoms with Gasteiger partial charge in [-0.1, -0.05) is 31.8 Å². The van der Waals surface area contributed by atoms with Crippen LogP contribution in [-0.4, -0.2) is 74.0 Å². The Morgan fingerprint density at radius 3 is 2.34 bits per heavy atom. The summed E-state index contributed by atoms with van der Waals surface area (Å²) in [6, 6.07) is 13.7. The molecule has 44 heavy (non-hydrogen) atoms. The predicted octanol–water partition coefficient (Wildman–Crippen LogP) is 2.62. The van der Waals surface area contributed by atoms with E-state index in [2.05, 4.69) is 31.8 Å². The molecule has 0 unspecified atom stereocenters. The molecule has 0 saturated carbocycles. The molecule has 13 heteroatoms. The lowest BCUT2D eigenvalue weighted by atomic mass is 10.1. The van der Waals surface area contributed by atoms with E-state index < -0.39 is 39.9 Å². The van der Waals surface area contributed by atoms with Crippen molar-refractivity contribution in [2.24, 2.45) is 5.92 Å². The number of amides is 1. The van der Waals surface area contributed by atoms with Crippen LogP contribution in [0.3, 0.4) is 0 Å². The lowest BCUT2D eigenvalue weighted by Gasteiger charge is -2.36. The molecule has 1 aromatic heterocycles. The number of aromatic nitrogens is 1. The molecule has 0 spiro atoms. The zero-order chi connectivity index (χ0) is 31.9. The summed E-state index contributed by atoms with van der Waals surface area (Å²) in [6.07, 6.45) is 1.50. The van der Waals surface area contributed by atoms with Crippen molar-refractivity contribution in [3.63, 3.8) is 0 Å². The van der Waals surface area contributed by atoms with E-state index in [-0.39, 0.29) is 25.3 Å². The van der Waals surface area contributed by atoms with Gasteiger partial charge in [-0.05, 0) is 48.4 Å². The number of carbonyl (C=O) groups excluding carboxylic acids is 1. The number of hydrogen-bond acceptors (Lipinski definition) is 7. The molecule has 4 rings (SSSR count). The van der Waals surface area contributed by atoms with Gasteiger partial charge in [-0.15, -0.1) is 0 Å². The highest BCUT2D eigenvalue weighted by Crippen LogP contribution is 2.20. The van der Waals surface area contributed by atoms with Crippen LogP contribution >= 0.6 is 0 Å². The van der Waals surface area contributed by atoms with E-state index in [0.717, 1.165) is 11.3 Å². The van der Waals surface area contributed by atoms with Crippen LogP contribution in [0.1, 0.15) is 41.0 Å². The van der Waals surface area contributed by atoms with Crippen molar-refractivity contribution in [3.05, 3.63) is 89.0 Å². The summed E-state index contributed by atoms with van der Waals surface area (Å²) in [5.74, 6) is 4.01. The number of carboxylic acid groups (broad SMARTS) is 1. The zero-order valence-electron chi connectivity index (χ0n) is 24.6. The lowest BCUT2D eigenvalue weighted by molar-refractivity contribution is -0.140. The molecular formula is C31H34FN5O6S. The summed E-state index contributed by atoms with van der Waals surface area (Å²) >= 11 is 0. The number of nitrogens with zero attached hydrogens (tertiary/aromatic N) is 3. The Morgan fingerprint density at radius 2 is 1.70 bits per heavy atom. The van der Waals surface area contributed by atoms with Gasteiger partial charge in [-0.2, -0.15) is 17.4 Å². The van der Waals surface area contributed by atoms with Crippen molar-refractivity contribution in [2.45, 2.75) is 26.4 Å². The number of piperazine rings is 1. The smallest absolute Gasteiger partial charge is 0.322 e. The number of carbonyl (C=O) groups is 2. The quantitative estimate of drug-likeness (QED) is 0.293. The fourth-order valence-electron chi connectivity index (χ4n) is 4.56. The fraction of sp³-hybridized carbons (Fsp3) is 0.323. The number of benzene rings is 2. The van der Waals surface area contributed by atoms with Gasteiger partial charge in [0.05, 0.1) is 7.11 Å². The number of nitrogens with one attached hydrogen (secondary N) is 2. The normalized spacial score (nSPS) is 14.4. The number of pyridine rings is 1. The van der Waals surface area contributed by atoms with E-state index in [0.29, 0.717) is 30.0 Å². The Hall–Kier alpha value is -4.51. The van der Waals surface area contributed by atoms with E-state index in [1.165, 1.54) is 29.7 Å². The van der Waals surface area contributed by atoms with E-state index in [1.807, 2.05) is 24.3 Å². The van der Waals surface area contributed by atoms with E-state index in [4.69, 9.17) is 4.74 Å². The van der Waals surface area contributed by atoms with Gasteiger partial charge in [0.15, 0.2) is 0 Å². The van der Waals surface area contributed by atoms with Crippen molar-refractivity contribution in [2.75, 3.05) is 38.2 Å². The van der Waals surface area contributed by atoms with Gasteiger partial charge >= 0.3 is 5.97 Å². The van der Waals surface area contributed by atoms with Crippen LogP contribution in [0.25, 0.3) is 0 Å². The summed E-state index contributed by atoms with van der Waals surface area (Å²) in [7, 11) is -2.51. The van der Waals surface area contributed by atoms with Crippen LogP contribution in [0.4, 0.5) is 10.1 Å². The standard InChI is InChI=1S/C31H34FN5O6S/c1-21(2)29(31(39)40)35-44(41,42)37-16-14-36(15-17-37)26-10-6-22(7-11-26)4-5-23-12-13-33-27(18-23)30(38)34-20-24-8-9-25(32)19-28(24)43-3/h6-13,18-19,21,29,35H,14-17,20H2,1-3H3,(H,34,38)(H,39,40)/t29-/m1/s1. The lowest BCUT2D eigenvalue weighted by Crippen LogP contribution is -2.55. The average Bonchev–Trinajstić information content (AvgIpc) is 3.02.